The zero-order chi connectivity index (χ0) is 16.8. The van der Waals surface area contributed by atoms with E-state index < -0.39 is 0 Å². The standard InChI is InChI=1S/C17H17ClN2O3/c1-21-14-7-11(8-15(22-2)17(14)23-3)10-20-16-12(9-19)5-4-6-13(16)18/h4-8,20H,10H2,1-3H3. The second-order valence-corrected chi connectivity index (χ2v) is 5.07. The first-order chi connectivity index (χ1) is 11.1. The van der Waals surface area contributed by atoms with E-state index in [1.165, 1.54) is 0 Å². The molecule has 5 nitrogen and oxygen atoms in total. The summed E-state index contributed by atoms with van der Waals surface area (Å²) in [7, 11) is 4.69. The van der Waals surface area contributed by atoms with E-state index in [0.29, 0.717) is 40.1 Å². The van der Waals surface area contributed by atoms with Gasteiger partial charge in [-0.25, -0.2) is 0 Å². The number of anilines is 1. The van der Waals surface area contributed by atoms with E-state index in [-0.39, 0.29) is 0 Å². The lowest BCUT2D eigenvalue weighted by atomic mass is 10.1. The van der Waals surface area contributed by atoms with Gasteiger partial charge in [0.2, 0.25) is 5.75 Å². The van der Waals surface area contributed by atoms with E-state index in [0.717, 1.165) is 5.56 Å². The highest BCUT2D eigenvalue weighted by Crippen LogP contribution is 2.38. The summed E-state index contributed by atoms with van der Waals surface area (Å²) in [5.74, 6) is 1.68. The molecule has 2 aromatic carbocycles. The third-order valence-corrected chi connectivity index (χ3v) is 3.64. The van der Waals surface area contributed by atoms with Crippen molar-refractivity contribution in [3.63, 3.8) is 0 Å². The average Bonchev–Trinajstić information content (AvgIpc) is 2.59. The molecule has 0 aromatic heterocycles. The zero-order valence-electron chi connectivity index (χ0n) is 13.1. The van der Waals surface area contributed by atoms with Gasteiger partial charge in [-0.05, 0) is 29.8 Å². The highest BCUT2D eigenvalue weighted by atomic mass is 35.5. The summed E-state index contributed by atoms with van der Waals surface area (Å²) in [4.78, 5) is 0. The Balaban J connectivity index is 2.30. The lowest BCUT2D eigenvalue weighted by Gasteiger charge is -2.15. The van der Waals surface area contributed by atoms with Gasteiger partial charge in [-0.2, -0.15) is 5.26 Å². The summed E-state index contributed by atoms with van der Waals surface area (Å²) >= 11 is 6.16. The summed E-state index contributed by atoms with van der Waals surface area (Å²) in [5, 5.41) is 12.8. The molecular formula is C17H17ClN2O3. The van der Waals surface area contributed by atoms with Gasteiger partial charge in [-0.15, -0.1) is 0 Å². The summed E-state index contributed by atoms with van der Waals surface area (Å²) in [6.07, 6.45) is 0. The Morgan fingerprint density at radius 1 is 1.09 bits per heavy atom. The molecule has 0 unspecified atom stereocenters. The molecule has 2 aromatic rings. The van der Waals surface area contributed by atoms with Crippen LogP contribution in [-0.4, -0.2) is 21.3 Å². The Hall–Kier alpha value is -2.58. The summed E-state index contributed by atoms with van der Waals surface area (Å²) in [6, 6.07) is 11.0. The van der Waals surface area contributed by atoms with E-state index in [2.05, 4.69) is 11.4 Å². The number of para-hydroxylation sites is 1. The van der Waals surface area contributed by atoms with Crippen LogP contribution in [0.2, 0.25) is 5.02 Å². The molecule has 0 radical (unpaired) electrons. The van der Waals surface area contributed by atoms with Gasteiger partial charge in [0.1, 0.15) is 6.07 Å². The van der Waals surface area contributed by atoms with Crippen molar-refractivity contribution in [3.8, 4) is 23.3 Å². The number of nitriles is 1. The minimum Gasteiger partial charge on any atom is -0.493 e. The van der Waals surface area contributed by atoms with Crippen LogP contribution in [0.25, 0.3) is 0 Å². The molecule has 0 heterocycles. The van der Waals surface area contributed by atoms with E-state index in [9.17, 15) is 0 Å². The first-order valence-corrected chi connectivity index (χ1v) is 7.23. The Labute approximate surface area is 140 Å². The van der Waals surface area contributed by atoms with Gasteiger partial charge in [-0.3, -0.25) is 0 Å². The number of benzene rings is 2. The van der Waals surface area contributed by atoms with Crippen LogP contribution in [-0.2, 0) is 6.54 Å². The van der Waals surface area contributed by atoms with Gasteiger partial charge in [0, 0.05) is 6.54 Å². The van der Waals surface area contributed by atoms with Gasteiger partial charge in [0.15, 0.2) is 11.5 Å². The molecule has 0 aliphatic rings. The first-order valence-electron chi connectivity index (χ1n) is 6.86. The molecule has 0 fully saturated rings. The van der Waals surface area contributed by atoms with Gasteiger partial charge < -0.3 is 19.5 Å². The summed E-state index contributed by atoms with van der Waals surface area (Å²) in [5.41, 5.74) is 2.00. The van der Waals surface area contributed by atoms with Crippen LogP contribution in [0.3, 0.4) is 0 Å². The molecule has 6 heteroatoms. The lowest BCUT2D eigenvalue weighted by molar-refractivity contribution is 0.324. The summed E-state index contributed by atoms with van der Waals surface area (Å²) < 4.78 is 16.0. The number of nitrogens with zero attached hydrogens (tertiary/aromatic N) is 1. The molecule has 23 heavy (non-hydrogen) atoms. The van der Waals surface area contributed by atoms with Gasteiger partial charge in [0.05, 0.1) is 37.6 Å². The predicted molar refractivity (Wildman–Crippen MR) is 89.6 cm³/mol. The van der Waals surface area contributed by atoms with Crippen molar-refractivity contribution in [2.75, 3.05) is 26.6 Å². The van der Waals surface area contributed by atoms with Crippen LogP contribution in [0.15, 0.2) is 30.3 Å². The Bertz CT molecular complexity index is 716. The molecule has 1 N–H and O–H groups in total. The van der Waals surface area contributed by atoms with Crippen LogP contribution in [0, 0.1) is 11.3 Å². The highest BCUT2D eigenvalue weighted by molar-refractivity contribution is 6.33. The molecule has 0 spiro atoms. The van der Waals surface area contributed by atoms with Gasteiger partial charge in [-0.1, -0.05) is 17.7 Å². The minimum absolute atomic E-state index is 0.453. The molecule has 0 saturated carbocycles. The molecule has 2 rings (SSSR count). The molecule has 0 saturated heterocycles. The third-order valence-electron chi connectivity index (χ3n) is 3.33. The van der Waals surface area contributed by atoms with Crippen LogP contribution >= 0.6 is 11.6 Å². The number of rotatable bonds is 6. The number of hydrogen-bond acceptors (Lipinski definition) is 5. The molecule has 0 atom stereocenters. The zero-order valence-corrected chi connectivity index (χ0v) is 13.9. The minimum atomic E-state index is 0.453. The van der Waals surface area contributed by atoms with Crippen molar-refractivity contribution in [3.05, 3.63) is 46.5 Å². The van der Waals surface area contributed by atoms with E-state index in [4.69, 9.17) is 31.1 Å². The third kappa shape index (κ3) is 3.61. The second kappa shape index (κ2) is 7.61. The fourth-order valence-corrected chi connectivity index (χ4v) is 2.47. The number of nitrogens with one attached hydrogen (secondary N) is 1. The number of halogens is 1. The van der Waals surface area contributed by atoms with Crippen molar-refractivity contribution in [2.24, 2.45) is 0 Å². The molecule has 0 bridgehead atoms. The predicted octanol–water partition coefficient (Wildman–Crippen LogP) is 3.85. The Morgan fingerprint density at radius 2 is 1.74 bits per heavy atom. The van der Waals surface area contributed by atoms with Crippen LogP contribution in [0.1, 0.15) is 11.1 Å². The monoisotopic (exact) mass is 332 g/mol. The van der Waals surface area contributed by atoms with Gasteiger partial charge >= 0.3 is 0 Å². The molecule has 0 aliphatic heterocycles. The maximum absolute atomic E-state index is 9.17. The second-order valence-electron chi connectivity index (χ2n) is 4.66. The van der Waals surface area contributed by atoms with Crippen LogP contribution < -0.4 is 19.5 Å². The number of hydrogen-bond donors (Lipinski definition) is 1. The molecular weight excluding hydrogens is 316 g/mol. The van der Waals surface area contributed by atoms with Crippen molar-refractivity contribution >= 4 is 17.3 Å². The molecule has 0 aliphatic carbocycles. The van der Waals surface area contributed by atoms with Crippen molar-refractivity contribution in [1.29, 1.82) is 5.26 Å². The number of ether oxygens (including phenoxy) is 3. The van der Waals surface area contributed by atoms with Crippen molar-refractivity contribution < 1.29 is 14.2 Å². The van der Waals surface area contributed by atoms with E-state index >= 15 is 0 Å². The quantitative estimate of drug-likeness (QED) is 0.870. The maximum atomic E-state index is 9.17. The fourth-order valence-electron chi connectivity index (χ4n) is 2.22. The Morgan fingerprint density at radius 3 is 2.26 bits per heavy atom. The SMILES string of the molecule is COc1cc(CNc2c(Cl)cccc2C#N)cc(OC)c1OC. The fraction of sp³-hybridized carbons (Fsp3) is 0.235. The van der Waals surface area contributed by atoms with Gasteiger partial charge in [0.25, 0.3) is 0 Å². The number of methoxy groups -OCH3 is 3. The van der Waals surface area contributed by atoms with E-state index in [1.54, 1.807) is 39.5 Å². The van der Waals surface area contributed by atoms with E-state index in [1.807, 2.05) is 12.1 Å². The first kappa shape index (κ1) is 16.8. The topological polar surface area (TPSA) is 63.5 Å². The smallest absolute Gasteiger partial charge is 0.203 e. The van der Waals surface area contributed by atoms with Crippen LogP contribution in [0.4, 0.5) is 5.69 Å². The average molecular weight is 333 g/mol. The van der Waals surface area contributed by atoms with Crippen molar-refractivity contribution in [1.82, 2.24) is 0 Å². The van der Waals surface area contributed by atoms with Crippen LogP contribution in [0.5, 0.6) is 17.2 Å². The largest absolute Gasteiger partial charge is 0.493 e. The summed E-state index contributed by atoms with van der Waals surface area (Å²) in [6.45, 7) is 0.453. The van der Waals surface area contributed by atoms with Crippen molar-refractivity contribution in [2.45, 2.75) is 6.54 Å². The molecule has 0 amide bonds. The normalized spacial score (nSPS) is 9.87. The molecule has 120 valence electrons. The highest BCUT2D eigenvalue weighted by Gasteiger charge is 2.14. The lowest BCUT2D eigenvalue weighted by Crippen LogP contribution is -2.04. The Kier molecular flexibility index (Phi) is 5.56. The maximum Gasteiger partial charge on any atom is 0.203 e.